The number of nitrogens with zero attached hydrogens (tertiary/aromatic N) is 2. The van der Waals surface area contributed by atoms with Gasteiger partial charge in [-0.2, -0.15) is 0 Å². The van der Waals surface area contributed by atoms with Gasteiger partial charge in [-0.3, -0.25) is 9.59 Å². The van der Waals surface area contributed by atoms with Gasteiger partial charge in [0.2, 0.25) is 0 Å². The summed E-state index contributed by atoms with van der Waals surface area (Å²) < 4.78 is 10.8. The van der Waals surface area contributed by atoms with E-state index in [1.54, 1.807) is 36.4 Å². The highest BCUT2D eigenvalue weighted by Crippen LogP contribution is 2.20. The molecular weight excluding hydrogens is 382 g/mol. The van der Waals surface area contributed by atoms with Crippen LogP contribution in [0, 0.1) is 0 Å². The van der Waals surface area contributed by atoms with Crippen molar-refractivity contribution in [2.45, 2.75) is 6.92 Å². The molecule has 0 saturated carbocycles. The van der Waals surface area contributed by atoms with E-state index >= 15 is 0 Å². The third-order valence-electron chi connectivity index (χ3n) is 5.01. The standard InChI is InChI=1S/C23H29N3O4/c1-3-29-16-17-30-19-10-8-18(9-11-19)22(27)24-21-7-5-4-6-20(21)23(28)26-14-12-25(2)13-15-26/h4-11H,3,12-17H2,1-2H3,(H,24,27). The van der Waals surface area contributed by atoms with Gasteiger partial charge in [-0.25, -0.2) is 0 Å². The molecule has 7 nitrogen and oxygen atoms in total. The van der Waals surface area contributed by atoms with E-state index in [2.05, 4.69) is 10.2 Å². The number of ether oxygens (including phenoxy) is 2. The van der Waals surface area contributed by atoms with Crippen LogP contribution in [0.4, 0.5) is 5.69 Å². The Kier molecular flexibility index (Phi) is 7.82. The van der Waals surface area contributed by atoms with Crippen molar-refractivity contribution in [1.82, 2.24) is 9.80 Å². The highest BCUT2D eigenvalue weighted by molar-refractivity contribution is 6.09. The number of nitrogens with one attached hydrogen (secondary N) is 1. The molecule has 0 aliphatic carbocycles. The molecule has 1 aliphatic heterocycles. The average Bonchev–Trinajstić information content (AvgIpc) is 2.77. The van der Waals surface area contributed by atoms with Crippen LogP contribution < -0.4 is 10.1 Å². The molecule has 0 unspecified atom stereocenters. The van der Waals surface area contributed by atoms with Crippen LogP contribution in [0.25, 0.3) is 0 Å². The van der Waals surface area contributed by atoms with Crippen molar-refractivity contribution >= 4 is 17.5 Å². The summed E-state index contributed by atoms with van der Waals surface area (Å²) >= 11 is 0. The van der Waals surface area contributed by atoms with E-state index in [-0.39, 0.29) is 11.8 Å². The predicted molar refractivity (Wildman–Crippen MR) is 116 cm³/mol. The summed E-state index contributed by atoms with van der Waals surface area (Å²) in [4.78, 5) is 29.7. The van der Waals surface area contributed by atoms with Crippen molar-refractivity contribution in [3.05, 3.63) is 59.7 Å². The minimum atomic E-state index is -0.269. The molecule has 0 aromatic heterocycles. The minimum Gasteiger partial charge on any atom is -0.491 e. The van der Waals surface area contributed by atoms with Crippen LogP contribution in [-0.4, -0.2) is 74.7 Å². The quantitative estimate of drug-likeness (QED) is 0.677. The Morgan fingerprint density at radius 1 is 0.967 bits per heavy atom. The Balaban J connectivity index is 1.63. The first-order valence-electron chi connectivity index (χ1n) is 10.3. The van der Waals surface area contributed by atoms with Crippen molar-refractivity contribution in [1.29, 1.82) is 0 Å². The number of likely N-dealkylation sites (N-methyl/N-ethyl adjacent to an activating group) is 1. The Labute approximate surface area is 177 Å². The van der Waals surface area contributed by atoms with Crippen molar-refractivity contribution in [3.8, 4) is 5.75 Å². The number of para-hydroxylation sites is 1. The second-order valence-electron chi connectivity index (χ2n) is 7.16. The number of piperazine rings is 1. The second kappa shape index (κ2) is 10.8. The molecule has 3 rings (SSSR count). The van der Waals surface area contributed by atoms with Crippen LogP contribution in [-0.2, 0) is 4.74 Å². The summed E-state index contributed by atoms with van der Waals surface area (Å²) in [6.07, 6.45) is 0. The van der Waals surface area contributed by atoms with Gasteiger partial charge in [-0.15, -0.1) is 0 Å². The third kappa shape index (κ3) is 5.81. The topological polar surface area (TPSA) is 71.1 Å². The van der Waals surface area contributed by atoms with E-state index in [0.717, 1.165) is 13.1 Å². The van der Waals surface area contributed by atoms with E-state index in [1.165, 1.54) is 0 Å². The molecule has 1 N–H and O–H groups in total. The zero-order valence-electron chi connectivity index (χ0n) is 17.6. The molecule has 2 aromatic rings. The van der Waals surface area contributed by atoms with Gasteiger partial charge in [0.05, 0.1) is 17.9 Å². The first-order valence-corrected chi connectivity index (χ1v) is 10.3. The zero-order chi connectivity index (χ0) is 21.3. The monoisotopic (exact) mass is 411 g/mol. The number of anilines is 1. The van der Waals surface area contributed by atoms with E-state index in [0.29, 0.717) is 55.5 Å². The highest BCUT2D eigenvalue weighted by Gasteiger charge is 2.23. The average molecular weight is 412 g/mol. The first kappa shape index (κ1) is 21.8. The molecule has 1 heterocycles. The lowest BCUT2D eigenvalue weighted by Gasteiger charge is -2.32. The highest BCUT2D eigenvalue weighted by atomic mass is 16.5. The molecule has 30 heavy (non-hydrogen) atoms. The zero-order valence-corrected chi connectivity index (χ0v) is 17.6. The Morgan fingerprint density at radius 3 is 2.37 bits per heavy atom. The molecule has 1 aliphatic rings. The van der Waals surface area contributed by atoms with E-state index in [4.69, 9.17) is 9.47 Å². The molecule has 0 bridgehead atoms. The molecule has 7 heteroatoms. The fourth-order valence-electron chi connectivity index (χ4n) is 3.22. The number of amides is 2. The van der Waals surface area contributed by atoms with E-state index in [1.807, 2.05) is 31.0 Å². The van der Waals surface area contributed by atoms with E-state index < -0.39 is 0 Å². The van der Waals surface area contributed by atoms with Crippen molar-refractivity contribution in [3.63, 3.8) is 0 Å². The summed E-state index contributed by atoms with van der Waals surface area (Å²) in [5, 5.41) is 2.88. The Bertz CT molecular complexity index is 846. The van der Waals surface area contributed by atoms with Crippen molar-refractivity contribution in [2.24, 2.45) is 0 Å². The number of benzene rings is 2. The summed E-state index contributed by atoms with van der Waals surface area (Å²) in [6.45, 7) is 6.63. The number of rotatable bonds is 8. The van der Waals surface area contributed by atoms with Gasteiger partial charge >= 0.3 is 0 Å². The van der Waals surface area contributed by atoms with Crippen LogP contribution >= 0.6 is 0 Å². The molecule has 2 aromatic carbocycles. The lowest BCUT2D eigenvalue weighted by atomic mass is 10.1. The largest absolute Gasteiger partial charge is 0.491 e. The number of hydrogen-bond acceptors (Lipinski definition) is 5. The molecule has 2 amide bonds. The maximum absolute atomic E-state index is 13.0. The third-order valence-corrected chi connectivity index (χ3v) is 5.01. The summed E-state index contributed by atoms with van der Waals surface area (Å²) in [7, 11) is 2.05. The molecule has 0 spiro atoms. The van der Waals surface area contributed by atoms with Crippen LogP contribution in [0.5, 0.6) is 5.75 Å². The summed E-state index contributed by atoms with van der Waals surface area (Å²) in [6, 6.07) is 14.0. The predicted octanol–water partition coefficient (Wildman–Crippen LogP) is 2.74. The lowest BCUT2D eigenvalue weighted by molar-refractivity contribution is 0.0665. The van der Waals surface area contributed by atoms with Gasteiger partial charge in [0.15, 0.2) is 0 Å². The molecule has 1 saturated heterocycles. The van der Waals surface area contributed by atoms with Crippen molar-refractivity contribution in [2.75, 3.05) is 58.4 Å². The molecular formula is C23H29N3O4. The number of carbonyl (C=O) groups is 2. The summed E-state index contributed by atoms with van der Waals surface area (Å²) in [5.41, 5.74) is 1.52. The van der Waals surface area contributed by atoms with Gasteiger partial charge in [-0.1, -0.05) is 12.1 Å². The molecule has 0 radical (unpaired) electrons. The van der Waals surface area contributed by atoms with Gasteiger partial charge in [0.1, 0.15) is 12.4 Å². The van der Waals surface area contributed by atoms with Crippen LogP contribution in [0.1, 0.15) is 27.6 Å². The van der Waals surface area contributed by atoms with Gasteiger partial charge < -0.3 is 24.6 Å². The number of carbonyl (C=O) groups excluding carboxylic acids is 2. The van der Waals surface area contributed by atoms with Crippen LogP contribution in [0.2, 0.25) is 0 Å². The van der Waals surface area contributed by atoms with Gasteiger partial charge in [-0.05, 0) is 50.4 Å². The summed E-state index contributed by atoms with van der Waals surface area (Å²) in [5.74, 6) is 0.350. The first-order chi connectivity index (χ1) is 14.6. The SMILES string of the molecule is CCOCCOc1ccc(C(=O)Nc2ccccc2C(=O)N2CCN(C)CC2)cc1. The fourth-order valence-corrected chi connectivity index (χ4v) is 3.22. The Hall–Kier alpha value is -2.90. The van der Waals surface area contributed by atoms with Gasteiger partial charge in [0.25, 0.3) is 11.8 Å². The fraction of sp³-hybridized carbons (Fsp3) is 0.391. The smallest absolute Gasteiger partial charge is 0.256 e. The lowest BCUT2D eigenvalue weighted by Crippen LogP contribution is -2.47. The second-order valence-corrected chi connectivity index (χ2v) is 7.16. The normalized spacial score (nSPS) is 14.4. The Morgan fingerprint density at radius 2 is 1.67 bits per heavy atom. The molecule has 160 valence electrons. The maximum atomic E-state index is 13.0. The van der Waals surface area contributed by atoms with Crippen LogP contribution in [0.15, 0.2) is 48.5 Å². The van der Waals surface area contributed by atoms with Crippen LogP contribution in [0.3, 0.4) is 0 Å². The maximum Gasteiger partial charge on any atom is 0.256 e. The molecule has 1 fully saturated rings. The number of hydrogen-bond donors (Lipinski definition) is 1. The molecule has 0 atom stereocenters. The minimum absolute atomic E-state index is 0.0583. The van der Waals surface area contributed by atoms with Gasteiger partial charge in [0, 0.05) is 38.3 Å². The van der Waals surface area contributed by atoms with Crippen molar-refractivity contribution < 1.29 is 19.1 Å². The van der Waals surface area contributed by atoms with E-state index in [9.17, 15) is 9.59 Å².